The van der Waals surface area contributed by atoms with Gasteiger partial charge in [0.1, 0.15) is 0 Å². The van der Waals surface area contributed by atoms with Crippen molar-refractivity contribution in [1.29, 1.82) is 0 Å². The monoisotopic (exact) mass is 305 g/mol. The summed E-state index contributed by atoms with van der Waals surface area (Å²) in [5.41, 5.74) is 8.04. The summed E-state index contributed by atoms with van der Waals surface area (Å²) in [7, 11) is -1.94. The SMILES string of the molecule is COC(=O)c1cc(N)cc(-c2ccc(S(C)(=O)=O)cc2)c1. The lowest BCUT2D eigenvalue weighted by Gasteiger charge is -2.07. The van der Waals surface area contributed by atoms with Gasteiger partial charge in [0.05, 0.1) is 17.6 Å². The molecule has 5 nitrogen and oxygen atoms in total. The van der Waals surface area contributed by atoms with Crippen molar-refractivity contribution in [3.8, 4) is 11.1 Å². The summed E-state index contributed by atoms with van der Waals surface area (Å²) in [5, 5.41) is 0. The van der Waals surface area contributed by atoms with Gasteiger partial charge in [0, 0.05) is 11.9 Å². The second-order valence-electron chi connectivity index (χ2n) is 4.63. The fourth-order valence-electron chi connectivity index (χ4n) is 1.95. The van der Waals surface area contributed by atoms with Crippen LogP contribution in [0.5, 0.6) is 0 Å². The first-order valence-corrected chi connectivity index (χ1v) is 8.00. The number of benzene rings is 2. The number of nitrogens with two attached hydrogens (primary N) is 1. The van der Waals surface area contributed by atoms with E-state index in [1.54, 1.807) is 24.3 Å². The third-order valence-electron chi connectivity index (χ3n) is 2.99. The average Bonchev–Trinajstić information content (AvgIpc) is 2.45. The third-order valence-corrected chi connectivity index (χ3v) is 4.12. The molecule has 2 N–H and O–H groups in total. The summed E-state index contributed by atoms with van der Waals surface area (Å²) in [4.78, 5) is 11.8. The zero-order chi connectivity index (χ0) is 15.6. The molecular formula is C15H15NO4S. The van der Waals surface area contributed by atoms with Crippen LogP contribution >= 0.6 is 0 Å². The summed E-state index contributed by atoms with van der Waals surface area (Å²) in [6.07, 6.45) is 1.15. The quantitative estimate of drug-likeness (QED) is 0.693. The van der Waals surface area contributed by atoms with Crippen LogP contribution < -0.4 is 5.73 Å². The average molecular weight is 305 g/mol. The van der Waals surface area contributed by atoms with Gasteiger partial charge in [-0.2, -0.15) is 0 Å². The van der Waals surface area contributed by atoms with Crippen LogP contribution in [0.2, 0.25) is 0 Å². The number of nitrogen functional groups attached to an aromatic ring is 1. The maximum atomic E-state index is 11.6. The molecule has 0 radical (unpaired) electrons. The number of carbonyl (C=O) groups is 1. The first-order chi connectivity index (χ1) is 9.81. The number of methoxy groups -OCH3 is 1. The van der Waals surface area contributed by atoms with E-state index >= 15 is 0 Å². The Bertz CT molecular complexity index is 780. The second kappa shape index (κ2) is 5.57. The van der Waals surface area contributed by atoms with E-state index in [0.29, 0.717) is 11.3 Å². The minimum absolute atomic E-state index is 0.239. The van der Waals surface area contributed by atoms with Crippen LogP contribution in [0.4, 0.5) is 5.69 Å². The summed E-state index contributed by atoms with van der Waals surface area (Å²) in [6.45, 7) is 0. The largest absolute Gasteiger partial charge is 0.465 e. The van der Waals surface area contributed by atoms with Gasteiger partial charge in [-0.1, -0.05) is 12.1 Å². The molecule has 21 heavy (non-hydrogen) atoms. The smallest absolute Gasteiger partial charge is 0.337 e. The van der Waals surface area contributed by atoms with Crippen LogP contribution in [0, 0.1) is 0 Å². The van der Waals surface area contributed by atoms with Gasteiger partial charge >= 0.3 is 5.97 Å². The van der Waals surface area contributed by atoms with E-state index in [-0.39, 0.29) is 4.90 Å². The van der Waals surface area contributed by atoms with Gasteiger partial charge in [-0.05, 0) is 41.5 Å². The lowest BCUT2D eigenvalue weighted by molar-refractivity contribution is 0.0601. The van der Waals surface area contributed by atoms with Gasteiger partial charge in [0.2, 0.25) is 0 Å². The van der Waals surface area contributed by atoms with Gasteiger partial charge in [0.15, 0.2) is 9.84 Å². The Kier molecular flexibility index (Phi) is 3.99. The van der Waals surface area contributed by atoms with Crippen molar-refractivity contribution in [3.63, 3.8) is 0 Å². The summed E-state index contributed by atoms with van der Waals surface area (Å²) in [5.74, 6) is -0.476. The molecule has 0 spiro atoms. The Morgan fingerprint density at radius 1 is 1.05 bits per heavy atom. The molecule has 110 valence electrons. The lowest BCUT2D eigenvalue weighted by Crippen LogP contribution is -2.02. The Morgan fingerprint density at radius 3 is 2.19 bits per heavy atom. The Hall–Kier alpha value is -2.34. The standard InChI is InChI=1S/C15H15NO4S/c1-20-15(17)12-7-11(8-13(16)9-12)10-3-5-14(6-4-10)21(2,18)19/h3-9H,16H2,1-2H3. The summed E-state index contributed by atoms with van der Waals surface area (Å²) < 4.78 is 27.5. The molecule has 2 aromatic rings. The maximum absolute atomic E-state index is 11.6. The number of hydrogen-bond donors (Lipinski definition) is 1. The molecule has 2 rings (SSSR count). The fraction of sp³-hybridized carbons (Fsp3) is 0.133. The van der Waals surface area contributed by atoms with E-state index in [4.69, 9.17) is 5.73 Å². The maximum Gasteiger partial charge on any atom is 0.337 e. The van der Waals surface area contributed by atoms with Crippen molar-refractivity contribution in [3.05, 3.63) is 48.0 Å². The van der Waals surface area contributed by atoms with E-state index in [1.807, 2.05) is 0 Å². The van der Waals surface area contributed by atoms with E-state index in [2.05, 4.69) is 4.74 Å². The Balaban J connectivity index is 2.47. The molecule has 2 aromatic carbocycles. The first kappa shape index (κ1) is 15.1. The van der Waals surface area contributed by atoms with Crippen LogP contribution in [0.3, 0.4) is 0 Å². The topological polar surface area (TPSA) is 86.5 Å². The molecule has 0 saturated carbocycles. The second-order valence-corrected chi connectivity index (χ2v) is 6.65. The van der Waals surface area contributed by atoms with Gasteiger partial charge in [-0.25, -0.2) is 13.2 Å². The highest BCUT2D eigenvalue weighted by Crippen LogP contribution is 2.25. The van der Waals surface area contributed by atoms with Crippen LogP contribution in [-0.2, 0) is 14.6 Å². The van der Waals surface area contributed by atoms with Crippen molar-refractivity contribution < 1.29 is 17.9 Å². The minimum Gasteiger partial charge on any atom is -0.465 e. The Morgan fingerprint density at radius 2 is 1.67 bits per heavy atom. The van der Waals surface area contributed by atoms with E-state index in [0.717, 1.165) is 17.4 Å². The highest BCUT2D eigenvalue weighted by molar-refractivity contribution is 7.90. The summed E-state index contributed by atoms with van der Waals surface area (Å²) >= 11 is 0. The van der Waals surface area contributed by atoms with Crippen molar-refractivity contribution in [2.75, 3.05) is 19.1 Å². The fourth-order valence-corrected chi connectivity index (χ4v) is 2.58. The predicted octanol–water partition coefficient (Wildman–Crippen LogP) is 2.13. The van der Waals surface area contributed by atoms with Gasteiger partial charge in [-0.15, -0.1) is 0 Å². The highest BCUT2D eigenvalue weighted by Gasteiger charge is 2.10. The number of rotatable bonds is 3. The van der Waals surface area contributed by atoms with Crippen molar-refractivity contribution in [2.24, 2.45) is 0 Å². The minimum atomic E-state index is -3.23. The number of ether oxygens (including phenoxy) is 1. The number of carbonyl (C=O) groups excluding carboxylic acids is 1. The molecule has 0 heterocycles. The van der Waals surface area contributed by atoms with Gasteiger partial charge in [-0.3, -0.25) is 0 Å². The van der Waals surface area contributed by atoms with Crippen LogP contribution in [0.25, 0.3) is 11.1 Å². The number of sulfone groups is 1. The molecule has 6 heteroatoms. The molecular weight excluding hydrogens is 290 g/mol. The summed E-state index contributed by atoms with van der Waals surface area (Å²) in [6, 6.07) is 11.3. The lowest BCUT2D eigenvalue weighted by atomic mass is 10.0. The van der Waals surface area contributed by atoms with Crippen molar-refractivity contribution in [1.82, 2.24) is 0 Å². The van der Waals surface area contributed by atoms with Crippen LogP contribution in [0.1, 0.15) is 10.4 Å². The van der Waals surface area contributed by atoms with Crippen LogP contribution in [-0.4, -0.2) is 27.8 Å². The molecule has 0 aliphatic rings. The Labute approximate surface area is 123 Å². The molecule has 0 unspecified atom stereocenters. The molecule has 0 amide bonds. The highest BCUT2D eigenvalue weighted by atomic mass is 32.2. The van der Waals surface area contributed by atoms with Crippen LogP contribution in [0.15, 0.2) is 47.4 Å². The number of hydrogen-bond acceptors (Lipinski definition) is 5. The van der Waals surface area contributed by atoms with E-state index in [1.165, 1.54) is 25.3 Å². The molecule has 0 bridgehead atoms. The van der Waals surface area contributed by atoms with Crippen molar-refractivity contribution >= 4 is 21.5 Å². The van der Waals surface area contributed by atoms with E-state index < -0.39 is 15.8 Å². The molecule has 0 aromatic heterocycles. The molecule has 0 aliphatic carbocycles. The molecule has 0 fully saturated rings. The molecule has 0 aliphatic heterocycles. The van der Waals surface area contributed by atoms with E-state index in [9.17, 15) is 13.2 Å². The number of anilines is 1. The zero-order valence-electron chi connectivity index (χ0n) is 11.7. The molecule has 0 atom stereocenters. The van der Waals surface area contributed by atoms with Crippen molar-refractivity contribution in [2.45, 2.75) is 4.90 Å². The first-order valence-electron chi connectivity index (χ1n) is 6.10. The number of esters is 1. The predicted molar refractivity (Wildman–Crippen MR) is 80.7 cm³/mol. The zero-order valence-corrected chi connectivity index (χ0v) is 12.5. The molecule has 0 saturated heterocycles. The van der Waals surface area contributed by atoms with Gasteiger partial charge in [0.25, 0.3) is 0 Å². The normalized spacial score (nSPS) is 11.1. The third kappa shape index (κ3) is 3.41. The van der Waals surface area contributed by atoms with Gasteiger partial charge < -0.3 is 10.5 Å².